The summed E-state index contributed by atoms with van der Waals surface area (Å²) in [5.41, 5.74) is 1.25. The maximum atomic E-state index is 13.3. The third-order valence-corrected chi connectivity index (χ3v) is 3.13. The second-order valence-corrected chi connectivity index (χ2v) is 4.66. The van der Waals surface area contributed by atoms with Gasteiger partial charge in [0, 0.05) is 5.56 Å². The highest BCUT2D eigenvalue weighted by molar-refractivity contribution is 9.10. The zero-order valence-corrected chi connectivity index (χ0v) is 11.2. The molecule has 0 amide bonds. The zero-order valence-electron chi connectivity index (χ0n) is 9.57. The molecule has 0 spiro atoms. The maximum Gasteiger partial charge on any atom is 0.134 e. The van der Waals surface area contributed by atoms with Gasteiger partial charge in [-0.05, 0) is 33.6 Å². The molecule has 18 heavy (non-hydrogen) atoms. The average Bonchev–Trinajstić information content (AvgIpc) is 2.39. The van der Waals surface area contributed by atoms with Crippen molar-refractivity contribution < 1.29 is 14.2 Å². The third-order valence-electron chi connectivity index (χ3n) is 2.51. The van der Waals surface area contributed by atoms with Gasteiger partial charge in [-0.25, -0.2) is 4.39 Å². The van der Waals surface area contributed by atoms with Crippen LogP contribution in [0.4, 0.5) is 4.39 Å². The molecule has 0 aliphatic rings. The Balaban J connectivity index is 2.14. The molecule has 0 saturated carbocycles. The minimum absolute atomic E-state index is 0.223. The van der Waals surface area contributed by atoms with Gasteiger partial charge in [0.25, 0.3) is 0 Å². The van der Waals surface area contributed by atoms with Crippen LogP contribution >= 0.6 is 15.9 Å². The molecule has 0 atom stereocenters. The molecular weight excluding hydrogens is 299 g/mol. The molecule has 0 heterocycles. The monoisotopic (exact) mass is 310 g/mol. The minimum Gasteiger partial charge on any atom is -0.488 e. The van der Waals surface area contributed by atoms with Gasteiger partial charge in [-0.3, -0.25) is 0 Å². The van der Waals surface area contributed by atoms with Gasteiger partial charge in [0.1, 0.15) is 18.2 Å². The normalized spacial score (nSPS) is 10.4. The fraction of sp³-hybridized carbons (Fsp3) is 0.143. The van der Waals surface area contributed by atoms with Gasteiger partial charge in [0.15, 0.2) is 0 Å². The topological polar surface area (TPSA) is 29.5 Å². The van der Waals surface area contributed by atoms with E-state index in [1.165, 1.54) is 12.1 Å². The predicted octanol–water partition coefficient (Wildman–Crippen LogP) is 3.66. The number of aliphatic hydroxyl groups excluding tert-OH is 1. The molecule has 0 radical (unpaired) electrons. The Morgan fingerprint density at radius 3 is 2.56 bits per heavy atom. The smallest absolute Gasteiger partial charge is 0.134 e. The first-order valence-corrected chi connectivity index (χ1v) is 6.25. The summed E-state index contributed by atoms with van der Waals surface area (Å²) in [6, 6.07) is 12.5. The van der Waals surface area contributed by atoms with Crippen molar-refractivity contribution in [2.24, 2.45) is 0 Å². The van der Waals surface area contributed by atoms with Gasteiger partial charge in [-0.2, -0.15) is 0 Å². The lowest BCUT2D eigenvalue weighted by Gasteiger charge is -2.10. The molecule has 2 aromatic rings. The van der Waals surface area contributed by atoms with Crippen LogP contribution in [0.5, 0.6) is 5.75 Å². The number of ether oxygens (including phenoxy) is 1. The summed E-state index contributed by atoms with van der Waals surface area (Å²) in [4.78, 5) is 0. The van der Waals surface area contributed by atoms with Crippen LogP contribution in [-0.2, 0) is 13.2 Å². The Hall–Kier alpha value is -1.39. The second kappa shape index (κ2) is 5.98. The first kappa shape index (κ1) is 13.1. The number of hydrogen-bond donors (Lipinski definition) is 1. The van der Waals surface area contributed by atoms with Gasteiger partial charge >= 0.3 is 0 Å². The van der Waals surface area contributed by atoms with Crippen molar-refractivity contribution in [2.45, 2.75) is 13.2 Å². The molecule has 0 aliphatic heterocycles. The van der Waals surface area contributed by atoms with Crippen LogP contribution in [0.3, 0.4) is 0 Å². The molecular formula is C14H12BrFO2. The van der Waals surface area contributed by atoms with E-state index in [1.807, 2.05) is 30.3 Å². The van der Waals surface area contributed by atoms with Crippen molar-refractivity contribution in [1.82, 2.24) is 0 Å². The zero-order chi connectivity index (χ0) is 13.0. The summed E-state index contributed by atoms with van der Waals surface area (Å²) in [5, 5.41) is 9.01. The number of halogens is 2. The van der Waals surface area contributed by atoms with Crippen LogP contribution in [0.1, 0.15) is 11.1 Å². The fourth-order valence-corrected chi connectivity index (χ4v) is 1.97. The van der Waals surface area contributed by atoms with Crippen LogP contribution in [0, 0.1) is 5.82 Å². The molecule has 2 rings (SSSR count). The Labute approximate surface area is 113 Å². The molecule has 1 N–H and O–H groups in total. The van der Waals surface area contributed by atoms with E-state index in [-0.39, 0.29) is 12.2 Å². The Bertz CT molecular complexity index is 529. The van der Waals surface area contributed by atoms with E-state index in [4.69, 9.17) is 9.84 Å². The maximum absolute atomic E-state index is 13.3. The molecule has 94 valence electrons. The van der Waals surface area contributed by atoms with Crippen molar-refractivity contribution in [2.75, 3.05) is 0 Å². The van der Waals surface area contributed by atoms with E-state index in [1.54, 1.807) is 0 Å². The van der Waals surface area contributed by atoms with Gasteiger partial charge in [-0.1, -0.05) is 30.3 Å². The SMILES string of the molecule is OCc1cc(OCc2ccccc2)c(Br)cc1F. The average molecular weight is 311 g/mol. The van der Waals surface area contributed by atoms with E-state index in [0.717, 1.165) is 5.56 Å². The Morgan fingerprint density at radius 2 is 1.89 bits per heavy atom. The molecule has 0 unspecified atom stereocenters. The molecule has 2 nitrogen and oxygen atoms in total. The van der Waals surface area contributed by atoms with Crippen molar-refractivity contribution in [3.8, 4) is 5.75 Å². The minimum atomic E-state index is -0.448. The van der Waals surface area contributed by atoms with Crippen molar-refractivity contribution >= 4 is 15.9 Å². The highest BCUT2D eigenvalue weighted by atomic mass is 79.9. The fourth-order valence-electron chi connectivity index (χ4n) is 1.54. The van der Waals surface area contributed by atoms with E-state index in [2.05, 4.69) is 15.9 Å². The van der Waals surface area contributed by atoms with E-state index in [9.17, 15) is 4.39 Å². The highest BCUT2D eigenvalue weighted by Crippen LogP contribution is 2.29. The van der Waals surface area contributed by atoms with Crippen molar-refractivity contribution in [3.05, 3.63) is 63.9 Å². The summed E-state index contributed by atoms with van der Waals surface area (Å²) in [6.07, 6.45) is 0. The standard InChI is InChI=1S/C14H12BrFO2/c15-12-7-13(16)11(8-17)6-14(12)18-9-10-4-2-1-3-5-10/h1-7,17H,8-9H2. The van der Waals surface area contributed by atoms with Crippen LogP contribution in [0.15, 0.2) is 46.9 Å². The molecule has 0 aliphatic carbocycles. The van der Waals surface area contributed by atoms with Gasteiger partial charge in [-0.15, -0.1) is 0 Å². The van der Waals surface area contributed by atoms with E-state index >= 15 is 0 Å². The lowest BCUT2D eigenvalue weighted by molar-refractivity contribution is 0.271. The third kappa shape index (κ3) is 3.09. The summed E-state index contributed by atoms with van der Waals surface area (Å²) >= 11 is 3.24. The first-order valence-electron chi connectivity index (χ1n) is 5.46. The molecule has 0 bridgehead atoms. The number of hydrogen-bond acceptors (Lipinski definition) is 2. The van der Waals surface area contributed by atoms with Crippen molar-refractivity contribution in [1.29, 1.82) is 0 Å². The first-order chi connectivity index (χ1) is 8.70. The summed E-state index contributed by atoms with van der Waals surface area (Å²) in [5.74, 6) is 0.0701. The van der Waals surface area contributed by atoms with Crippen LogP contribution in [0.25, 0.3) is 0 Å². The van der Waals surface area contributed by atoms with E-state index in [0.29, 0.717) is 16.8 Å². The quantitative estimate of drug-likeness (QED) is 0.934. The molecule has 4 heteroatoms. The van der Waals surface area contributed by atoms with Crippen LogP contribution in [0.2, 0.25) is 0 Å². The largest absolute Gasteiger partial charge is 0.488 e. The van der Waals surface area contributed by atoms with Gasteiger partial charge in [0.2, 0.25) is 0 Å². The summed E-state index contributed by atoms with van der Waals surface area (Å²) in [7, 11) is 0. The molecule has 0 aromatic heterocycles. The van der Waals surface area contributed by atoms with Crippen molar-refractivity contribution in [3.63, 3.8) is 0 Å². The second-order valence-electron chi connectivity index (χ2n) is 3.81. The number of rotatable bonds is 4. The van der Waals surface area contributed by atoms with Gasteiger partial charge < -0.3 is 9.84 Å². The van der Waals surface area contributed by atoms with Crippen LogP contribution < -0.4 is 4.74 Å². The molecule has 0 fully saturated rings. The number of aliphatic hydroxyl groups is 1. The summed E-state index contributed by atoms with van der Waals surface area (Å²) in [6.45, 7) is 0.0523. The predicted molar refractivity (Wildman–Crippen MR) is 70.8 cm³/mol. The Morgan fingerprint density at radius 1 is 1.17 bits per heavy atom. The Kier molecular flexibility index (Phi) is 4.33. The van der Waals surface area contributed by atoms with E-state index < -0.39 is 5.82 Å². The molecule has 2 aromatic carbocycles. The molecule has 0 saturated heterocycles. The lowest BCUT2D eigenvalue weighted by Crippen LogP contribution is -1.98. The summed E-state index contributed by atoms with van der Waals surface area (Å²) < 4.78 is 19.5. The van der Waals surface area contributed by atoms with Crippen LogP contribution in [-0.4, -0.2) is 5.11 Å². The number of benzene rings is 2. The van der Waals surface area contributed by atoms with Gasteiger partial charge in [0.05, 0.1) is 11.1 Å². The highest BCUT2D eigenvalue weighted by Gasteiger charge is 2.08. The lowest BCUT2D eigenvalue weighted by atomic mass is 10.2.